The molecule has 0 spiro atoms. The number of hydrogen-bond donors (Lipinski definition) is 1. The lowest BCUT2D eigenvalue weighted by atomic mass is 9.98. The molecule has 5 atom stereocenters. The number of aliphatic hydroxyl groups is 1. The van der Waals surface area contributed by atoms with Crippen molar-refractivity contribution in [1.82, 2.24) is 0 Å². The summed E-state index contributed by atoms with van der Waals surface area (Å²) in [6, 6.07) is 41.4. The molecule has 6 rings (SSSR count). The van der Waals surface area contributed by atoms with Gasteiger partial charge in [0.25, 0.3) is 22.4 Å². The standard InChI is InChI=1S/C41H50O7Si2/c1-39(2,3)49(30-20-12-8-13-21-30,31-22-14-9-15-23-31)47-34-28-41(38(43)44-7)45-36(34)37(46-41)35(29-42)48-50(40(4,5)6,32-24-16-10-17-25-32)33-26-18-11-19-27-33/h8-27,34-37,42H,28-29H2,1-7H3/t34-,35+,36+,37+,41-/m0/s1. The van der Waals surface area contributed by atoms with Crippen molar-refractivity contribution in [2.24, 2.45) is 0 Å². The second-order valence-electron chi connectivity index (χ2n) is 15.4. The highest BCUT2D eigenvalue weighted by Crippen LogP contribution is 2.50. The van der Waals surface area contributed by atoms with Crippen LogP contribution in [0.15, 0.2) is 121 Å². The Kier molecular flexibility index (Phi) is 10.2. The Labute approximate surface area is 298 Å². The van der Waals surface area contributed by atoms with E-state index in [-0.39, 0.29) is 23.1 Å². The zero-order valence-electron chi connectivity index (χ0n) is 30.2. The first-order valence-electron chi connectivity index (χ1n) is 17.5. The van der Waals surface area contributed by atoms with Crippen molar-refractivity contribution in [3.63, 3.8) is 0 Å². The maximum Gasteiger partial charge on any atom is 0.366 e. The van der Waals surface area contributed by atoms with Crippen LogP contribution in [0.25, 0.3) is 0 Å². The van der Waals surface area contributed by atoms with E-state index in [1.807, 2.05) is 72.8 Å². The molecule has 2 saturated heterocycles. The molecule has 0 saturated carbocycles. The lowest BCUT2D eigenvalue weighted by molar-refractivity contribution is -0.211. The van der Waals surface area contributed by atoms with Gasteiger partial charge in [-0.2, -0.15) is 0 Å². The molecular weight excluding hydrogens is 661 g/mol. The number of benzene rings is 4. The van der Waals surface area contributed by atoms with Crippen LogP contribution in [-0.2, 0) is 27.9 Å². The van der Waals surface area contributed by atoms with Crippen LogP contribution in [0, 0.1) is 0 Å². The van der Waals surface area contributed by atoms with Gasteiger partial charge in [-0.25, -0.2) is 4.79 Å². The van der Waals surface area contributed by atoms with Gasteiger partial charge in [-0.3, -0.25) is 0 Å². The zero-order valence-corrected chi connectivity index (χ0v) is 32.2. The second-order valence-corrected chi connectivity index (χ2v) is 23.9. The summed E-state index contributed by atoms with van der Waals surface area (Å²) in [4.78, 5) is 13.6. The summed E-state index contributed by atoms with van der Waals surface area (Å²) in [6.45, 7) is 12.9. The number of esters is 1. The molecule has 2 fully saturated rings. The average molecular weight is 711 g/mol. The molecule has 50 heavy (non-hydrogen) atoms. The molecule has 0 aromatic heterocycles. The van der Waals surface area contributed by atoms with Gasteiger partial charge in [-0.15, -0.1) is 0 Å². The fraction of sp³-hybridized carbons (Fsp3) is 0.390. The Morgan fingerprint density at radius 1 is 0.720 bits per heavy atom. The predicted octanol–water partition coefficient (Wildman–Crippen LogP) is 4.93. The van der Waals surface area contributed by atoms with E-state index in [4.69, 9.17) is 23.1 Å². The van der Waals surface area contributed by atoms with E-state index in [2.05, 4.69) is 90.1 Å². The van der Waals surface area contributed by atoms with Crippen molar-refractivity contribution in [2.75, 3.05) is 13.7 Å². The Morgan fingerprint density at radius 2 is 1.12 bits per heavy atom. The SMILES string of the molecule is COC(=O)[C@@]12C[C@H](O[Si](c3ccccc3)(c3ccccc3)C(C)(C)C)[C@@H](O1)[C@@H]([C@@H](CO)O[Si](c1ccccc1)(c1ccccc1)C(C)(C)C)O2. The maximum absolute atomic E-state index is 13.6. The molecule has 4 aromatic carbocycles. The van der Waals surface area contributed by atoms with E-state index in [0.29, 0.717) is 0 Å². The molecule has 0 amide bonds. The summed E-state index contributed by atoms with van der Waals surface area (Å²) in [5.41, 5.74) is 0. The first-order chi connectivity index (χ1) is 23.8. The molecule has 2 heterocycles. The summed E-state index contributed by atoms with van der Waals surface area (Å²) >= 11 is 0. The van der Waals surface area contributed by atoms with Gasteiger partial charge in [0.1, 0.15) is 12.2 Å². The van der Waals surface area contributed by atoms with Crippen LogP contribution in [0.5, 0.6) is 0 Å². The predicted molar refractivity (Wildman–Crippen MR) is 201 cm³/mol. The number of carbonyl (C=O) groups excluding carboxylic acids is 1. The van der Waals surface area contributed by atoms with Crippen LogP contribution in [0.4, 0.5) is 0 Å². The summed E-state index contributed by atoms with van der Waals surface area (Å²) in [5.74, 6) is -2.32. The Morgan fingerprint density at radius 3 is 1.48 bits per heavy atom. The van der Waals surface area contributed by atoms with Gasteiger partial charge in [0.05, 0.1) is 25.9 Å². The molecule has 1 N–H and O–H groups in total. The Hall–Kier alpha value is -3.42. The summed E-state index contributed by atoms with van der Waals surface area (Å²) in [7, 11) is -4.87. The Bertz CT molecular complexity index is 1650. The molecule has 0 radical (unpaired) electrons. The van der Waals surface area contributed by atoms with Gasteiger partial charge in [0, 0.05) is 6.42 Å². The second kappa shape index (κ2) is 14.0. The highest BCUT2D eigenvalue weighted by atomic mass is 28.4. The number of hydrogen-bond acceptors (Lipinski definition) is 7. The van der Waals surface area contributed by atoms with Gasteiger partial charge < -0.3 is 28.2 Å². The molecule has 264 valence electrons. The number of fused-ring (bicyclic) bond motifs is 2. The summed E-state index contributed by atoms with van der Waals surface area (Å²) < 4.78 is 33.5. The smallest absolute Gasteiger partial charge is 0.366 e. The fourth-order valence-corrected chi connectivity index (χ4v) is 17.5. The van der Waals surface area contributed by atoms with Gasteiger partial charge in [0.2, 0.25) is 0 Å². The minimum Gasteiger partial charge on any atom is -0.465 e. The molecule has 2 aliphatic heterocycles. The van der Waals surface area contributed by atoms with Crippen LogP contribution >= 0.6 is 0 Å². The third-order valence-corrected chi connectivity index (χ3v) is 20.5. The largest absolute Gasteiger partial charge is 0.465 e. The normalized spacial score (nSPS) is 23.1. The van der Waals surface area contributed by atoms with E-state index in [0.717, 1.165) is 20.7 Å². The van der Waals surface area contributed by atoms with Crippen molar-refractivity contribution >= 4 is 43.4 Å². The summed E-state index contributed by atoms with van der Waals surface area (Å²) in [6.07, 6.45) is -2.79. The number of ether oxygens (including phenoxy) is 3. The molecule has 7 nitrogen and oxygen atoms in total. The van der Waals surface area contributed by atoms with Gasteiger partial charge in [-0.1, -0.05) is 163 Å². The third kappa shape index (κ3) is 6.13. The Balaban J connectivity index is 1.47. The number of aliphatic hydroxyl groups excluding tert-OH is 1. The quantitative estimate of drug-likeness (QED) is 0.175. The topological polar surface area (TPSA) is 83.5 Å². The highest BCUT2D eigenvalue weighted by molar-refractivity contribution is 7.00. The van der Waals surface area contributed by atoms with E-state index in [1.165, 1.54) is 7.11 Å². The lowest BCUT2D eigenvalue weighted by Gasteiger charge is -2.48. The number of rotatable bonds is 11. The van der Waals surface area contributed by atoms with E-state index in [1.54, 1.807) is 0 Å². The highest BCUT2D eigenvalue weighted by Gasteiger charge is 2.68. The molecule has 0 aliphatic carbocycles. The molecule has 2 bridgehead atoms. The van der Waals surface area contributed by atoms with Crippen LogP contribution in [0.3, 0.4) is 0 Å². The van der Waals surface area contributed by atoms with Gasteiger partial charge >= 0.3 is 5.97 Å². The van der Waals surface area contributed by atoms with Crippen molar-refractivity contribution in [3.8, 4) is 0 Å². The van der Waals surface area contributed by atoms with Crippen molar-refractivity contribution in [2.45, 2.75) is 88.2 Å². The maximum atomic E-state index is 13.6. The number of methoxy groups -OCH3 is 1. The summed E-state index contributed by atoms with van der Waals surface area (Å²) in [5, 5.41) is 15.0. The van der Waals surface area contributed by atoms with Crippen LogP contribution in [0.2, 0.25) is 10.1 Å². The first-order valence-corrected chi connectivity index (χ1v) is 21.3. The van der Waals surface area contributed by atoms with Crippen LogP contribution in [-0.4, -0.2) is 71.6 Å². The third-order valence-electron chi connectivity index (χ3n) is 10.3. The molecular formula is C41H50O7Si2. The molecule has 2 aliphatic rings. The number of carbonyl (C=O) groups is 1. The van der Waals surface area contributed by atoms with Crippen molar-refractivity contribution in [3.05, 3.63) is 121 Å². The van der Waals surface area contributed by atoms with Crippen molar-refractivity contribution < 1.29 is 33.0 Å². The molecule has 4 aromatic rings. The minimum atomic E-state index is -3.14. The molecule has 0 unspecified atom stereocenters. The van der Waals surface area contributed by atoms with E-state index >= 15 is 0 Å². The van der Waals surface area contributed by atoms with Crippen molar-refractivity contribution in [1.29, 1.82) is 0 Å². The van der Waals surface area contributed by atoms with Gasteiger partial charge in [0.15, 0.2) is 0 Å². The van der Waals surface area contributed by atoms with E-state index in [9.17, 15) is 9.90 Å². The monoisotopic (exact) mass is 710 g/mol. The first kappa shape index (κ1) is 36.4. The fourth-order valence-electron chi connectivity index (χ4n) is 8.14. The van der Waals surface area contributed by atoms with Crippen LogP contribution < -0.4 is 20.7 Å². The van der Waals surface area contributed by atoms with E-state index < -0.39 is 52.8 Å². The van der Waals surface area contributed by atoms with Crippen LogP contribution in [0.1, 0.15) is 48.0 Å². The van der Waals surface area contributed by atoms with Gasteiger partial charge in [-0.05, 0) is 30.8 Å². The molecule has 9 heteroatoms. The lowest BCUT2D eigenvalue weighted by Crippen LogP contribution is -2.70. The average Bonchev–Trinajstić information content (AvgIpc) is 3.69. The zero-order chi connectivity index (χ0) is 35.8. The minimum absolute atomic E-state index is 0.155.